The van der Waals surface area contributed by atoms with Gasteiger partial charge in [0.25, 0.3) is 0 Å². The molecule has 1 aromatic carbocycles. The van der Waals surface area contributed by atoms with Gasteiger partial charge in [-0.05, 0) is 39.7 Å². The summed E-state index contributed by atoms with van der Waals surface area (Å²) in [4.78, 5) is 16.2. The predicted molar refractivity (Wildman–Crippen MR) is 79.5 cm³/mol. The van der Waals surface area contributed by atoms with Gasteiger partial charge in [0, 0.05) is 12.6 Å². The van der Waals surface area contributed by atoms with Crippen LogP contribution in [0.2, 0.25) is 0 Å². The molecule has 0 bridgehead atoms. The lowest BCUT2D eigenvalue weighted by atomic mass is 10.0. The summed E-state index contributed by atoms with van der Waals surface area (Å²) in [5.41, 5.74) is 1.44. The van der Waals surface area contributed by atoms with Crippen molar-refractivity contribution in [1.29, 1.82) is 0 Å². The van der Waals surface area contributed by atoms with Gasteiger partial charge in [0.15, 0.2) is 5.78 Å². The van der Waals surface area contributed by atoms with Crippen molar-refractivity contribution in [3.05, 3.63) is 52.3 Å². The molecule has 0 saturated carbocycles. The predicted octanol–water partition coefficient (Wildman–Crippen LogP) is 3.29. The number of aromatic nitrogens is 1. The second-order valence-electron chi connectivity index (χ2n) is 4.14. The molecule has 0 fully saturated rings. The Bertz CT molecular complexity index is 628. The zero-order valence-electron chi connectivity index (χ0n) is 11.2. The van der Waals surface area contributed by atoms with Crippen LogP contribution in [0.5, 0.6) is 11.5 Å². The summed E-state index contributed by atoms with van der Waals surface area (Å²) in [5.74, 6) is 1.22. The molecule has 0 spiro atoms. The summed E-state index contributed by atoms with van der Waals surface area (Å²) >= 11 is 3.41. The van der Waals surface area contributed by atoms with Crippen LogP contribution in [0.3, 0.4) is 0 Å². The average molecular weight is 336 g/mol. The van der Waals surface area contributed by atoms with Gasteiger partial charge in [-0.15, -0.1) is 0 Å². The van der Waals surface area contributed by atoms with E-state index in [1.54, 1.807) is 19.4 Å². The molecule has 0 N–H and O–H groups in total. The number of hydrogen-bond donors (Lipinski definition) is 0. The summed E-state index contributed by atoms with van der Waals surface area (Å²) in [6.07, 6.45) is 3.42. The van der Waals surface area contributed by atoms with Gasteiger partial charge in [-0.3, -0.25) is 9.78 Å². The first kappa shape index (κ1) is 14.5. The first-order chi connectivity index (χ1) is 9.65. The van der Waals surface area contributed by atoms with Crippen molar-refractivity contribution in [3.8, 4) is 11.5 Å². The maximum absolute atomic E-state index is 12.3. The SMILES string of the molecule is COc1ccc(CC(=O)c2ccncc2OC)cc1Br. The lowest BCUT2D eigenvalue weighted by Crippen LogP contribution is -2.06. The molecule has 2 rings (SSSR count). The highest BCUT2D eigenvalue weighted by atomic mass is 79.9. The molecule has 0 aliphatic heterocycles. The Balaban J connectivity index is 2.21. The molecular weight excluding hydrogens is 322 g/mol. The quantitative estimate of drug-likeness (QED) is 0.786. The van der Waals surface area contributed by atoms with Crippen LogP contribution in [0, 0.1) is 0 Å². The minimum Gasteiger partial charge on any atom is -0.496 e. The number of benzene rings is 1. The van der Waals surface area contributed by atoms with E-state index in [0.717, 1.165) is 15.8 Å². The summed E-state index contributed by atoms with van der Waals surface area (Å²) in [6.45, 7) is 0. The third kappa shape index (κ3) is 3.17. The van der Waals surface area contributed by atoms with Gasteiger partial charge in [-0.1, -0.05) is 6.07 Å². The normalized spacial score (nSPS) is 10.2. The Kier molecular flexibility index (Phi) is 4.74. The number of carbonyl (C=O) groups excluding carboxylic acids is 1. The van der Waals surface area contributed by atoms with Crippen molar-refractivity contribution in [3.63, 3.8) is 0 Å². The van der Waals surface area contributed by atoms with Crippen LogP contribution < -0.4 is 9.47 Å². The molecule has 2 aromatic rings. The second-order valence-corrected chi connectivity index (χ2v) is 5.00. The smallest absolute Gasteiger partial charge is 0.171 e. The Morgan fingerprint density at radius 1 is 1.20 bits per heavy atom. The van der Waals surface area contributed by atoms with Gasteiger partial charge in [0.2, 0.25) is 0 Å². The summed E-state index contributed by atoms with van der Waals surface area (Å²) < 4.78 is 11.1. The number of ketones is 1. The fraction of sp³-hybridized carbons (Fsp3) is 0.200. The van der Waals surface area contributed by atoms with Gasteiger partial charge in [0.1, 0.15) is 11.5 Å². The zero-order chi connectivity index (χ0) is 14.5. The van der Waals surface area contributed by atoms with E-state index in [-0.39, 0.29) is 5.78 Å². The Morgan fingerprint density at radius 3 is 2.60 bits per heavy atom. The topological polar surface area (TPSA) is 48.4 Å². The molecule has 0 aliphatic rings. The molecular formula is C15H14BrNO3. The molecule has 1 aromatic heterocycles. The number of rotatable bonds is 5. The average Bonchev–Trinajstić information content (AvgIpc) is 2.47. The number of pyridine rings is 1. The number of Topliss-reactive ketones (excluding diaryl/α,β-unsaturated/α-hetero) is 1. The van der Waals surface area contributed by atoms with E-state index < -0.39 is 0 Å². The Labute approximate surface area is 125 Å². The van der Waals surface area contributed by atoms with Crippen molar-refractivity contribution in [1.82, 2.24) is 4.98 Å². The number of hydrogen-bond acceptors (Lipinski definition) is 4. The van der Waals surface area contributed by atoms with Crippen LogP contribution in [-0.2, 0) is 6.42 Å². The van der Waals surface area contributed by atoms with E-state index in [2.05, 4.69) is 20.9 Å². The second kappa shape index (κ2) is 6.52. The lowest BCUT2D eigenvalue weighted by Gasteiger charge is -2.08. The molecule has 104 valence electrons. The molecule has 20 heavy (non-hydrogen) atoms. The van der Waals surface area contributed by atoms with E-state index in [0.29, 0.717) is 17.7 Å². The van der Waals surface area contributed by atoms with E-state index in [9.17, 15) is 4.79 Å². The van der Waals surface area contributed by atoms with E-state index in [1.807, 2.05) is 18.2 Å². The first-order valence-electron chi connectivity index (χ1n) is 5.99. The van der Waals surface area contributed by atoms with Gasteiger partial charge in [-0.25, -0.2) is 0 Å². The van der Waals surface area contributed by atoms with Crippen LogP contribution in [0.25, 0.3) is 0 Å². The monoisotopic (exact) mass is 335 g/mol. The molecule has 0 radical (unpaired) electrons. The van der Waals surface area contributed by atoms with Crippen molar-refractivity contribution < 1.29 is 14.3 Å². The number of ether oxygens (including phenoxy) is 2. The highest BCUT2D eigenvalue weighted by molar-refractivity contribution is 9.10. The molecule has 4 nitrogen and oxygen atoms in total. The van der Waals surface area contributed by atoms with Crippen LogP contribution in [0.4, 0.5) is 0 Å². The maximum Gasteiger partial charge on any atom is 0.171 e. The Hall–Kier alpha value is -1.88. The van der Waals surface area contributed by atoms with Crippen LogP contribution >= 0.6 is 15.9 Å². The zero-order valence-corrected chi connectivity index (χ0v) is 12.8. The first-order valence-corrected chi connectivity index (χ1v) is 6.78. The van der Waals surface area contributed by atoms with Gasteiger partial charge in [0.05, 0.1) is 30.5 Å². The van der Waals surface area contributed by atoms with Gasteiger partial charge >= 0.3 is 0 Å². The molecule has 1 heterocycles. The van der Waals surface area contributed by atoms with Crippen molar-refractivity contribution >= 4 is 21.7 Å². The molecule has 5 heteroatoms. The third-order valence-corrected chi connectivity index (χ3v) is 3.51. The molecule has 0 amide bonds. The summed E-state index contributed by atoms with van der Waals surface area (Å²) in [7, 11) is 3.13. The number of halogens is 1. The highest BCUT2D eigenvalue weighted by Gasteiger charge is 2.13. The largest absolute Gasteiger partial charge is 0.496 e. The number of carbonyl (C=O) groups is 1. The van der Waals surface area contributed by atoms with Gasteiger partial charge < -0.3 is 9.47 Å². The number of nitrogens with zero attached hydrogens (tertiary/aromatic N) is 1. The van der Waals surface area contributed by atoms with Crippen LogP contribution in [-0.4, -0.2) is 25.0 Å². The molecule has 0 aliphatic carbocycles. The minimum absolute atomic E-state index is 0.0127. The standard InChI is InChI=1S/C15H14BrNO3/c1-19-14-4-3-10(7-12(14)16)8-13(18)11-5-6-17-9-15(11)20-2/h3-7,9H,8H2,1-2H3. The Morgan fingerprint density at radius 2 is 1.95 bits per heavy atom. The van der Waals surface area contributed by atoms with Crippen molar-refractivity contribution in [2.24, 2.45) is 0 Å². The molecule has 0 unspecified atom stereocenters. The highest BCUT2D eigenvalue weighted by Crippen LogP contribution is 2.26. The third-order valence-electron chi connectivity index (χ3n) is 2.89. The van der Waals surface area contributed by atoms with Gasteiger partial charge in [-0.2, -0.15) is 0 Å². The minimum atomic E-state index is -0.0127. The van der Waals surface area contributed by atoms with Crippen LogP contribution in [0.15, 0.2) is 41.1 Å². The van der Waals surface area contributed by atoms with Crippen molar-refractivity contribution in [2.75, 3.05) is 14.2 Å². The van der Waals surface area contributed by atoms with Crippen LogP contribution in [0.1, 0.15) is 15.9 Å². The fourth-order valence-electron chi connectivity index (χ4n) is 1.87. The fourth-order valence-corrected chi connectivity index (χ4v) is 2.46. The van der Waals surface area contributed by atoms with E-state index in [1.165, 1.54) is 13.3 Å². The van der Waals surface area contributed by atoms with E-state index in [4.69, 9.17) is 9.47 Å². The number of methoxy groups -OCH3 is 2. The summed E-state index contributed by atoms with van der Waals surface area (Å²) in [5, 5.41) is 0. The maximum atomic E-state index is 12.3. The summed E-state index contributed by atoms with van der Waals surface area (Å²) in [6, 6.07) is 7.25. The lowest BCUT2D eigenvalue weighted by molar-refractivity contribution is 0.0990. The molecule has 0 saturated heterocycles. The van der Waals surface area contributed by atoms with Crippen molar-refractivity contribution in [2.45, 2.75) is 6.42 Å². The molecule has 0 atom stereocenters. The van der Waals surface area contributed by atoms with E-state index >= 15 is 0 Å².